The molecule has 5 rings (SSSR count). The SMILES string of the molecule is C1=c2ccc([nH]2)=Cc2ccc([nH]2)C=c2ccc([nH]2)=Cc2ccc1[nH]2.[Ta]. The minimum absolute atomic E-state index is 0. The van der Waals surface area contributed by atoms with Crippen LogP contribution in [0.4, 0.5) is 0 Å². The fourth-order valence-corrected chi connectivity index (χ4v) is 3.06. The second-order valence-electron chi connectivity index (χ2n) is 6.05. The fourth-order valence-electron chi connectivity index (χ4n) is 3.06. The molecule has 0 amide bonds. The number of hydrogen-bond donors (Lipinski definition) is 4. The van der Waals surface area contributed by atoms with Crippen molar-refractivity contribution >= 4 is 24.3 Å². The molecule has 0 saturated carbocycles. The van der Waals surface area contributed by atoms with E-state index in [1.807, 2.05) is 0 Å². The minimum Gasteiger partial charge on any atom is -0.355 e. The van der Waals surface area contributed by atoms with Gasteiger partial charge in [-0.3, -0.25) is 0 Å². The molecule has 1 aliphatic rings. The molecule has 0 aromatic carbocycles. The average molecular weight is 493 g/mol. The van der Waals surface area contributed by atoms with Crippen molar-refractivity contribution in [2.75, 3.05) is 0 Å². The predicted molar refractivity (Wildman–Crippen MR) is 95.9 cm³/mol. The Hall–Kier alpha value is -2.66. The molecule has 4 nitrogen and oxygen atoms in total. The largest absolute Gasteiger partial charge is 0.355 e. The summed E-state index contributed by atoms with van der Waals surface area (Å²) in [5.41, 5.74) is 4.29. The molecule has 25 heavy (non-hydrogen) atoms. The molecule has 121 valence electrons. The Balaban J connectivity index is 0.00000157. The summed E-state index contributed by atoms with van der Waals surface area (Å²) in [5, 5.41) is 4.29. The van der Waals surface area contributed by atoms with Crippen LogP contribution in [-0.4, -0.2) is 19.9 Å². The van der Waals surface area contributed by atoms with Gasteiger partial charge >= 0.3 is 0 Å². The minimum atomic E-state index is 0. The Labute approximate surface area is 159 Å². The molecule has 8 bridgehead atoms. The van der Waals surface area contributed by atoms with Crippen LogP contribution in [0, 0.1) is 0 Å². The first-order valence-electron chi connectivity index (χ1n) is 7.95. The second-order valence-corrected chi connectivity index (χ2v) is 6.05. The summed E-state index contributed by atoms with van der Waals surface area (Å²) < 4.78 is 0. The van der Waals surface area contributed by atoms with E-state index in [2.05, 4.69) is 92.8 Å². The third kappa shape index (κ3) is 3.28. The van der Waals surface area contributed by atoms with Gasteiger partial charge < -0.3 is 19.9 Å². The zero-order chi connectivity index (χ0) is 15.9. The average Bonchev–Trinajstić information content (AvgIpc) is 3.32. The van der Waals surface area contributed by atoms with Crippen molar-refractivity contribution in [1.29, 1.82) is 0 Å². The molecule has 5 heterocycles. The van der Waals surface area contributed by atoms with E-state index in [9.17, 15) is 0 Å². The van der Waals surface area contributed by atoms with Crippen molar-refractivity contribution in [1.82, 2.24) is 19.9 Å². The van der Waals surface area contributed by atoms with Crippen molar-refractivity contribution < 1.29 is 22.4 Å². The van der Waals surface area contributed by atoms with Gasteiger partial charge in [0.2, 0.25) is 0 Å². The van der Waals surface area contributed by atoms with E-state index < -0.39 is 0 Å². The number of aromatic nitrogens is 4. The molecular formula is C20H16N4Ta. The number of rotatable bonds is 0. The molecule has 1 radical (unpaired) electrons. The van der Waals surface area contributed by atoms with Gasteiger partial charge in [0.15, 0.2) is 0 Å². The van der Waals surface area contributed by atoms with Crippen molar-refractivity contribution in [2.45, 2.75) is 0 Å². The van der Waals surface area contributed by atoms with Gasteiger partial charge in [-0.25, -0.2) is 0 Å². The van der Waals surface area contributed by atoms with Crippen molar-refractivity contribution in [3.63, 3.8) is 0 Å². The maximum absolute atomic E-state index is 3.42. The van der Waals surface area contributed by atoms with Gasteiger partial charge in [0, 0.05) is 66.6 Å². The maximum Gasteiger partial charge on any atom is 0.0405 e. The molecule has 0 aliphatic carbocycles. The number of fused-ring (bicyclic) bond motifs is 8. The fraction of sp³-hybridized carbons (Fsp3) is 0. The molecule has 4 N–H and O–H groups in total. The molecule has 5 heteroatoms. The summed E-state index contributed by atoms with van der Waals surface area (Å²) in [7, 11) is 0. The van der Waals surface area contributed by atoms with Crippen LogP contribution in [0.3, 0.4) is 0 Å². The van der Waals surface area contributed by atoms with Gasteiger partial charge in [-0.05, 0) is 72.8 Å². The Morgan fingerprint density at radius 3 is 0.920 bits per heavy atom. The smallest absolute Gasteiger partial charge is 0.0405 e. The molecule has 0 fully saturated rings. The van der Waals surface area contributed by atoms with E-state index >= 15 is 0 Å². The standard InChI is InChI=1S/C20H16N4.Ta/c1-2-14-10-16-5-6-18(23-16)12-20-8-7-19(24-20)11-17-4-3-15(22-17)9-13(1)21-14;/h1-12,21-24H;. The first-order chi connectivity index (χ1) is 11.8. The normalized spacial score (nSPS) is 12.2. The predicted octanol–water partition coefficient (Wildman–Crippen LogP) is 0.625. The molecular weight excluding hydrogens is 477 g/mol. The van der Waals surface area contributed by atoms with Crippen LogP contribution in [-0.2, 0) is 22.4 Å². The second kappa shape index (κ2) is 6.33. The third-order valence-electron chi connectivity index (χ3n) is 4.17. The Morgan fingerprint density at radius 2 is 0.640 bits per heavy atom. The van der Waals surface area contributed by atoms with Crippen molar-refractivity contribution in [3.05, 3.63) is 92.7 Å². The number of nitrogens with one attached hydrogen (secondary N) is 4. The first-order valence-corrected chi connectivity index (χ1v) is 7.95. The van der Waals surface area contributed by atoms with Gasteiger partial charge in [-0.15, -0.1) is 0 Å². The van der Waals surface area contributed by atoms with Crippen molar-refractivity contribution in [2.24, 2.45) is 0 Å². The number of H-pyrrole nitrogens is 4. The Bertz CT molecular complexity index is 1070. The monoisotopic (exact) mass is 493 g/mol. The zero-order valence-electron chi connectivity index (χ0n) is 13.4. The molecule has 4 aromatic rings. The van der Waals surface area contributed by atoms with Gasteiger partial charge in [-0.1, -0.05) is 0 Å². The number of hydrogen-bond acceptors (Lipinski definition) is 0. The maximum atomic E-state index is 3.42. The van der Waals surface area contributed by atoms with E-state index in [4.69, 9.17) is 0 Å². The molecule has 0 unspecified atom stereocenters. The Morgan fingerprint density at radius 1 is 0.360 bits per heavy atom. The van der Waals surface area contributed by atoms with Crippen LogP contribution in [0.1, 0.15) is 22.8 Å². The van der Waals surface area contributed by atoms with Crippen LogP contribution in [0.5, 0.6) is 0 Å². The van der Waals surface area contributed by atoms with E-state index in [1.54, 1.807) is 0 Å². The van der Waals surface area contributed by atoms with Crippen LogP contribution >= 0.6 is 0 Å². The third-order valence-corrected chi connectivity index (χ3v) is 4.17. The summed E-state index contributed by atoms with van der Waals surface area (Å²) in [6.45, 7) is 0. The van der Waals surface area contributed by atoms with E-state index in [0.717, 1.165) is 44.2 Å². The van der Waals surface area contributed by atoms with Gasteiger partial charge in [0.1, 0.15) is 0 Å². The van der Waals surface area contributed by atoms with Crippen molar-refractivity contribution in [3.8, 4) is 0 Å². The van der Waals surface area contributed by atoms with Crippen LogP contribution < -0.4 is 21.4 Å². The topological polar surface area (TPSA) is 63.2 Å². The summed E-state index contributed by atoms with van der Waals surface area (Å²) >= 11 is 0. The van der Waals surface area contributed by atoms with E-state index in [0.29, 0.717) is 0 Å². The molecule has 1 aliphatic heterocycles. The van der Waals surface area contributed by atoms with Crippen LogP contribution in [0.25, 0.3) is 24.3 Å². The summed E-state index contributed by atoms with van der Waals surface area (Å²) in [6.07, 6.45) is 8.42. The van der Waals surface area contributed by atoms with Gasteiger partial charge in [0.25, 0.3) is 0 Å². The van der Waals surface area contributed by atoms with E-state index in [-0.39, 0.29) is 22.4 Å². The van der Waals surface area contributed by atoms with Gasteiger partial charge in [0.05, 0.1) is 0 Å². The molecule has 0 atom stereocenters. The molecule has 4 aromatic heterocycles. The van der Waals surface area contributed by atoms with Gasteiger partial charge in [-0.2, -0.15) is 0 Å². The summed E-state index contributed by atoms with van der Waals surface area (Å²) in [4.78, 5) is 13.7. The Kier molecular flexibility index (Phi) is 4.01. The molecule has 0 spiro atoms. The van der Waals surface area contributed by atoms with Crippen LogP contribution in [0.2, 0.25) is 0 Å². The summed E-state index contributed by atoms with van der Waals surface area (Å²) in [6, 6.07) is 16.7. The first kappa shape index (κ1) is 15.8. The quantitative estimate of drug-likeness (QED) is 0.245. The van der Waals surface area contributed by atoms with Crippen LogP contribution in [0.15, 0.2) is 48.5 Å². The zero-order valence-corrected chi connectivity index (χ0v) is 16.6. The summed E-state index contributed by atoms with van der Waals surface area (Å²) in [5.74, 6) is 0. The van der Waals surface area contributed by atoms with E-state index in [1.165, 1.54) is 0 Å². The molecule has 0 saturated heterocycles. The number of aromatic amines is 4.